The molecule has 0 aliphatic heterocycles. The van der Waals surface area contributed by atoms with Gasteiger partial charge >= 0.3 is 0 Å². The van der Waals surface area contributed by atoms with E-state index in [9.17, 15) is 0 Å². The Morgan fingerprint density at radius 3 is 2.31 bits per heavy atom. The van der Waals surface area contributed by atoms with Crippen LogP contribution < -0.4 is 5.32 Å². The maximum absolute atomic E-state index is 5.27. The van der Waals surface area contributed by atoms with Crippen molar-refractivity contribution in [2.75, 3.05) is 6.54 Å². The molecule has 0 radical (unpaired) electrons. The van der Waals surface area contributed by atoms with Gasteiger partial charge in [-0.05, 0) is 24.8 Å². The number of nitrogens with one attached hydrogen (secondary N) is 1. The van der Waals surface area contributed by atoms with E-state index in [0.29, 0.717) is 12.0 Å². The van der Waals surface area contributed by atoms with Crippen LogP contribution in [0.2, 0.25) is 0 Å². The van der Waals surface area contributed by atoms with Crippen molar-refractivity contribution < 1.29 is 0 Å². The molecule has 0 bridgehead atoms. The van der Waals surface area contributed by atoms with Crippen LogP contribution in [0.5, 0.6) is 0 Å². The molecule has 0 saturated carbocycles. The fraction of sp³-hybridized carbons (Fsp3) is 0.833. The lowest BCUT2D eigenvalue weighted by atomic mass is 9.88. The standard InChI is InChI=1S/C12H23N/c1-6-8-9-12(13-7-2)11(5)10(3)4/h1,10-13H,7-9H2,2-5H3. The quantitative estimate of drug-likeness (QED) is 0.621. The summed E-state index contributed by atoms with van der Waals surface area (Å²) in [6, 6.07) is 0.584. The molecule has 1 N–H and O–H groups in total. The van der Waals surface area contributed by atoms with Gasteiger partial charge in [0, 0.05) is 12.5 Å². The average Bonchev–Trinajstić information content (AvgIpc) is 2.11. The van der Waals surface area contributed by atoms with Crippen LogP contribution in [-0.4, -0.2) is 12.6 Å². The lowest BCUT2D eigenvalue weighted by Gasteiger charge is -2.27. The van der Waals surface area contributed by atoms with Crippen molar-refractivity contribution >= 4 is 0 Å². The maximum Gasteiger partial charge on any atom is 0.0104 e. The van der Waals surface area contributed by atoms with Gasteiger partial charge in [0.15, 0.2) is 0 Å². The highest BCUT2D eigenvalue weighted by molar-refractivity contribution is 4.87. The number of hydrogen-bond acceptors (Lipinski definition) is 1. The molecule has 0 aliphatic rings. The van der Waals surface area contributed by atoms with E-state index in [2.05, 4.69) is 38.9 Å². The maximum atomic E-state index is 5.27. The predicted molar refractivity (Wildman–Crippen MR) is 59.5 cm³/mol. The first-order valence-electron chi connectivity index (χ1n) is 5.30. The van der Waals surface area contributed by atoms with Gasteiger partial charge in [-0.1, -0.05) is 27.7 Å². The van der Waals surface area contributed by atoms with E-state index in [0.717, 1.165) is 25.3 Å². The zero-order valence-corrected chi connectivity index (χ0v) is 9.43. The van der Waals surface area contributed by atoms with Crippen molar-refractivity contribution in [3.8, 4) is 12.3 Å². The molecular weight excluding hydrogens is 158 g/mol. The van der Waals surface area contributed by atoms with Crippen LogP contribution in [0.25, 0.3) is 0 Å². The van der Waals surface area contributed by atoms with Crippen LogP contribution in [0.3, 0.4) is 0 Å². The zero-order valence-electron chi connectivity index (χ0n) is 9.43. The predicted octanol–water partition coefficient (Wildman–Crippen LogP) is 2.67. The third kappa shape index (κ3) is 4.95. The first-order chi connectivity index (χ1) is 6.13. The fourth-order valence-corrected chi connectivity index (χ4v) is 1.52. The van der Waals surface area contributed by atoms with Gasteiger partial charge in [-0.2, -0.15) is 0 Å². The Bertz CT molecular complexity index is 155. The largest absolute Gasteiger partial charge is 0.314 e. The van der Waals surface area contributed by atoms with Crippen LogP contribution in [0.15, 0.2) is 0 Å². The van der Waals surface area contributed by atoms with E-state index in [1.165, 1.54) is 0 Å². The molecule has 0 aromatic heterocycles. The summed E-state index contributed by atoms with van der Waals surface area (Å²) in [5, 5.41) is 3.50. The molecule has 0 aliphatic carbocycles. The molecule has 76 valence electrons. The average molecular weight is 181 g/mol. The van der Waals surface area contributed by atoms with Crippen molar-refractivity contribution in [2.24, 2.45) is 11.8 Å². The summed E-state index contributed by atoms with van der Waals surface area (Å²) in [6.45, 7) is 10.0. The summed E-state index contributed by atoms with van der Waals surface area (Å²) in [6.07, 6.45) is 7.26. The third-order valence-corrected chi connectivity index (χ3v) is 2.75. The lowest BCUT2D eigenvalue weighted by molar-refractivity contribution is 0.291. The van der Waals surface area contributed by atoms with Crippen molar-refractivity contribution in [3.63, 3.8) is 0 Å². The second kappa shape index (κ2) is 6.97. The molecule has 0 aromatic carbocycles. The van der Waals surface area contributed by atoms with Gasteiger partial charge in [-0.15, -0.1) is 12.3 Å². The molecule has 0 fully saturated rings. The normalized spacial score (nSPS) is 15.4. The van der Waals surface area contributed by atoms with E-state index in [-0.39, 0.29) is 0 Å². The molecular formula is C12H23N. The van der Waals surface area contributed by atoms with E-state index in [1.54, 1.807) is 0 Å². The van der Waals surface area contributed by atoms with Crippen LogP contribution in [0.1, 0.15) is 40.5 Å². The highest BCUT2D eigenvalue weighted by Gasteiger charge is 2.18. The Morgan fingerprint density at radius 1 is 1.31 bits per heavy atom. The summed E-state index contributed by atoms with van der Waals surface area (Å²) in [5.41, 5.74) is 0. The van der Waals surface area contributed by atoms with Gasteiger partial charge in [0.1, 0.15) is 0 Å². The van der Waals surface area contributed by atoms with Crippen molar-refractivity contribution in [1.82, 2.24) is 5.32 Å². The van der Waals surface area contributed by atoms with Gasteiger partial charge in [-0.3, -0.25) is 0 Å². The Hall–Kier alpha value is -0.480. The summed E-state index contributed by atoms with van der Waals surface area (Å²) < 4.78 is 0. The first-order valence-corrected chi connectivity index (χ1v) is 5.30. The van der Waals surface area contributed by atoms with Gasteiger partial charge in [0.25, 0.3) is 0 Å². The minimum absolute atomic E-state index is 0.584. The van der Waals surface area contributed by atoms with Crippen molar-refractivity contribution in [1.29, 1.82) is 0 Å². The number of hydrogen-bond donors (Lipinski definition) is 1. The van der Waals surface area contributed by atoms with Gasteiger partial charge in [0.05, 0.1) is 0 Å². The smallest absolute Gasteiger partial charge is 0.0104 e. The minimum atomic E-state index is 0.584. The molecule has 1 heteroatoms. The molecule has 0 rings (SSSR count). The molecule has 0 heterocycles. The SMILES string of the molecule is C#CCCC(NCC)C(C)C(C)C. The molecule has 1 nitrogen and oxygen atoms in total. The van der Waals surface area contributed by atoms with E-state index in [4.69, 9.17) is 6.42 Å². The second-order valence-corrected chi connectivity index (χ2v) is 4.01. The van der Waals surface area contributed by atoms with Crippen molar-refractivity contribution in [2.45, 2.75) is 46.6 Å². The first kappa shape index (κ1) is 12.5. The summed E-state index contributed by atoms with van der Waals surface area (Å²) in [5.74, 6) is 4.14. The number of rotatable bonds is 6. The van der Waals surface area contributed by atoms with Crippen molar-refractivity contribution in [3.05, 3.63) is 0 Å². The molecule has 0 spiro atoms. The summed E-state index contributed by atoms with van der Waals surface area (Å²) in [4.78, 5) is 0. The van der Waals surface area contributed by atoms with E-state index >= 15 is 0 Å². The molecule has 2 unspecified atom stereocenters. The molecule has 0 amide bonds. The van der Waals surface area contributed by atoms with Gasteiger partial charge in [-0.25, -0.2) is 0 Å². The van der Waals surface area contributed by atoms with Gasteiger partial charge in [0.2, 0.25) is 0 Å². The highest BCUT2D eigenvalue weighted by Crippen LogP contribution is 2.17. The van der Waals surface area contributed by atoms with Crippen LogP contribution in [0.4, 0.5) is 0 Å². The third-order valence-electron chi connectivity index (χ3n) is 2.75. The monoisotopic (exact) mass is 181 g/mol. The zero-order chi connectivity index (χ0) is 10.3. The molecule has 13 heavy (non-hydrogen) atoms. The fourth-order valence-electron chi connectivity index (χ4n) is 1.52. The Balaban J connectivity index is 3.99. The van der Waals surface area contributed by atoms with Crippen LogP contribution >= 0.6 is 0 Å². The number of terminal acetylenes is 1. The van der Waals surface area contributed by atoms with Gasteiger partial charge < -0.3 is 5.32 Å². The molecule has 0 aromatic rings. The Labute approximate surface area is 83.3 Å². The second-order valence-electron chi connectivity index (χ2n) is 4.01. The summed E-state index contributed by atoms with van der Waals surface area (Å²) in [7, 11) is 0. The highest BCUT2D eigenvalue weighted by atomic mass is 14.9. The van der Waals surface area contributed by atoms with Crippen LogP contribution in [0, 0.1) is 24.2 Å². The summed E-state index contributed by atoms with van der Waals surface area (Å²) >= 11 is 0. The Kier molecular flexibility index (Phi) is 6.72. The minimum Gasteiger partial charge on any atom is -0.314 e. The van der Waals surface area contributed by atoms with Crippen LogP contribution in [-0.2, 0) is 0 Å². The Morgan fingerprint density at radius 2 is 1.92 bits per heavy atom. The topological polar surface area (TPSA) is 12.0 Å². The molecule has 2 atom stereocenters. The lowest BCUT2D eigenvalue weighted by Crippen LogP contribution is -2.37. The van der Waals surface area contributed by atoms with E-state index in [1.807, 2.05) is 0 Å². The van der Waals surface area contributed by atoms with E-state index < -0.39 is 0 Å². The molecule has 0 saturated heterocycles.